The summed E-state index contributed by atoms with van der Waals surface area (Å²) in [5.41, 5.74) is 3.45. The summed E-state index contributed by atoms with van der Waals surface area (Å²) in [4.78, 5) is 15.9. The number of carbonyl (C=O) groups excluding carboxylic acids is 1. The summed E-state index contributed by atoms with van der Waals surface area (Å²) in [5, 5.41) is 3.23. The van der Waals surface area contributed by atoms with Crippen molar-refractivity contribution in [2.24, 2.45) is 4.99 Å². The van der Waals surface area contributed by atoms with Crippen molar-refractivity contribution >= 4 is 23.0 Å². The number of Topliss-reactive ketones (excluding diaryl/α,β-unsaturated/α-hetero) is 1. The first-order valence-electron chi connectivity index (χ1n) is 7.41. The maximum Gasteiger partial charge on any atom is 0.159 e. The Morgan fingerprint density at radius 1 is 1.00 bits per heavy atom. The summed E-state index contributed by atoms with van der Waals surface area (Å²) in [6, 6.07) is 17.3. The van der Waals surface area contributed by atoms with Crippen molar-refractivity contribution in [2.45, 2.75) is 13.8 Å². The zero-order valence-corrected chi connectivity index (χ0v) is 13.4. The minimum atomic E-state index is 0.0576. The number of carbonyl (C=O) groups is 1. The van der Waals surface area contributed by atoms with Gasteiger partial charge in [-0.25, -0.2) is 4.99 Å². The maximum absolute atomic E-state index is 11.3. The summed E-state index contributed by atoms with van der Waals surface area (Å²) < 4.78 is 0. The van der Waals surface area contributed by atoms with E-state index in [9.17, 15) is 4.79 Å². The van der Waals surface area contributed by atoms with Crippen molar-refractivity contribution in [3.63, 3.8) is 0 Å². The number of nitrogens with zero attached hydrogens (tertiary/aromatic N) is 1. The van der Waals surface area contributed by atoms with Crippen molar-refractivity contribution in [1.82, 2.24) is 0 Å². The lowest BCUT2D eigenvalue weighted by Gasteiger charge is -2.08. The summed E-state index contributed by atoms with van der Waals surface area (Å²) in [7, 11) is 0. The molecule has 2 rings (SSSR count). The lowest BCUT2D eigenvalue weighted by molar-refractivity contribution is 0.101. The Kier molecular flexibility index (Phi) is 5.64. The molecule has 2 aromatic rings. The van der Waals surface area contributed by atoms with Gasteiger partial charge in [0.15, 0.2) is 5.78 Å². The fourth-order valence-electron chi connectivity index (χ4n) is 2.12. The fourth-order valence-corrected chi connectivity index (χ4v) is 2.12. The third-order valence-electron chi connectivity index (χ3n) is 3.25. The molecule has 1 N–H and O–H groups in total. The Labute approximate surface area is 137 Å². The van der Waals surface area contributed by atoms with E-state index in [0.717, 1.165) is 22.8 Å². The van der Waals surface area contributed by atoms with E-state index in [2.05, 4.69) is 16.9 Å². The van der Waals surface area contributed by atoms with E-state index in [-0.39, 0.29) is 5.78 Å². The van der Waals surface area contributed by atoms with Crippen molar-refractivity contribution in [1.29, 1.82) is 0 Å². The Bertz CT molecular complexity index is 741. The second-order valence-electron chi connectivity index (χ2n) is 5.11. The minimum Gasteiger partial charge on any atom is -0.344 e. The highest BCUT2D eigenvalue weighted by Crippen LogP contribution is 2.17. The van der Waals surface area contributed by atoms with E-state index < -0.39 is 0 Å². The molecule has 3 heteroatoms. The molecule has 0 aromatic heterocycles. The van der Waals surface area contributed by atoms with E-state index in [1.807, 2.05) is 55.5 Å². The second kappa shape index (κ2) is 7.90. The van der Waals surface area contributed by atoms with Gasteiger partial charge in [0.1, 0.15) is 5.84 Å². The number of ketones is 1. The van der Waals surface area contributed by atoms with Crippen LogP contribution in [0.5, 0.6) is 0 Å². The van der Waals surface area contributed by atoms with Gasteiger partial charge in [0, 0.05) is 16.8 Å². The van der Waals surface area contributed by atoms with Crippen LogP contribution in [0.4, 0.5) is 5.69 Å². The number of hydrogen-bond donors (Lipinski definition) is 1. The number of allylic oxidation sites excluding steroid dienone is 2. The van der Waals surface area contributed by atoms with Crippen molar-refractivity contribution in [2.75, 3.05) is 5.32 Å². The Morgan fingerprint density at radius 2 is 1.65 bits per heavy atom. The molecule has 0 heterocycles. The molecule has 0 saturated carbocycles. The molecule has 2 aromatic carbocycles. The lowest BCUT2D eigenvalue weighted by Crippen LogP contribution is -2.07. The first-order valence-corrected chi connectivity index (χ1v) is 7.41. The molecule has 0 bridgehead atoms. The smallest absolute Gasteiger partial charge is 0.159 e. The van der Waals surface area contributed by atoms with Crippen LogP contribution >= 0.6 is 0 Å². The van der Waals surface area contributed by atoms with Gasteiger partial charge in [-0.2, -0.15) is 0 Å². The Hall–Kier alpha value is -2.94. The SMILES string of the molecule is C=C/C=C(\N=C(C)Nc1ccc(C(C)=O)cc1)c1ccccc1. The molecule has 0 radical (unpaired) electrons. The molecule has 0 atom stereocenters. The first kappa shape index (κ1) is 16.4. The monoisotopic (exact) mass is 304 g/mol. The Balaban J connectivity index is 2.18. The summed E-state index contributed by atoms with van der Waals surface area (Å²) in [5.74, 6) is 0.819. The van der Waals surface area contributed by atoms with Crippen LogP contribution in [0, 0.1) is 0 Å². The minimum absolute atomic E-state index is 0.0576. The number of nitrogens with one attached hydrogen (secondary N) is 1. The molecule has 0 saturated heterocycles. The van der Waals surface area contributed by atoms with Gasteiger partial charge in [0.25, 0.3) is 0 Å². The molecular weight excluding hydrogens is 284 g/mol. The van der Waals surface area contributed by atoms with Gasteiger partial charge in [-0.1, -0.05) is 43.0 Å². The largest absolute Gasteiger partial charge is 0.344 e. The molecule has 116 valence electrons. The van der Waals surface area contributed by atoms with E-state index in [1.54, 1.807) is 25.1 Å². The summed E-state index contributed by atoms with van der Waals surface area (Å²) >= 11 is 0. The molecule has 23 heavy (non-hydrogen) atoms. The van der Waals surface area contributed by atoms with Gasteiger partial charge >= 0.3 is 0 Å². The molecule has 0 aliphatic rings. The highest BCUT2D eigenvalue weighted by molar-refractivity contribution is 5.98. The lowest BCUT2D eigenvalue weighted by atomic mass is 10.1. The molecule has 0 aliphatic carbocycles. The van der Waals surface area contributed by atoms with E-state index in [0.29, 0.717) is 5.56 Å². The zero-order chi connectivity index (χ0) is 16.7. The number of benzene rings is 2. The molecule has 0 fully saturated rings. The van der Waals surface area contributed by atoms with Crippen LogP contribution in [0.2, 0.25) is 0 Å². The number of anilines is 1. The average Bonchev–Trinajstić information content (AvgIpc) is 2.55. The number of aliphatic imine (C=N–C) groups is 1. The predicted molar refractivity (Wildman–Crippen MR) is 97.8 cm³/mol. The zero-order valence-electron chi connectivity index (χ0n) is 13.4. The van der Waals surface area contributed by atoms with Gasteiger partial charge in [-0.3, -0.25) is 4.79 Å². The van der Waals surface area contributed by atoms with Gasteiger partial charge < -0.3 is 5.32 Å². The summed E-state index contributed by atoms with van der Waals surface area (Å²) in [6.07, 6.45) is 3.60. The van der Waals surface area contributed by atoms with Crippen molar-refractivity contribution in [3.05, 3.63) is 84.5 Å². The van der Waals surface area contributed by atoms with E-state index in [4.69, 9.17) is 0 Å². The third kappa shape index (κ3) is 4.78. The van der Waals surface area contributed by atoms with Crippen LogP contribution in [0.1, 0.15) is 29.8 Å². The standard InChI is InChI=1S/C20H20N2O/c1-4-8-20(18-9-6-5-7-10-18)22-16(3)21-19-13-11-17(12-14-19)15(2)23/h4-14H,1H2,2-3H3,(H,21,22)/b20-8-. The second-order valence-corrected chi connectivity index (χ2v) is 5.11. The van der Waals surface area contributed by atoms with Crippen molar-refractivity contribution < 1.29 is 4.79 Å². The quantitative estimate of drug-likeness (QED) is 0.367. The topological polar surface area (TPSA) is 41.5 Å². The van der Waals surface area contributed by atoms with Crippen LogP contribution < -0.4 is 5.32 Å². The molecule has 0 amide bonds. The highest BCUT2D eigenvalue weighted by Gasteiger charge is 2.02. The molecular formula is C20H20N2O. The van der Waals surface area contributed by atoms with Crippen LogP contribution in [0.25, 0.3) is 5.70 Å². The normalized spacial score (nSPS) is 11.9. The van der Waals surface area contributed by atoms with Crippen molar-refractivity contribution in [3.8, 4) is 0 Å². The van der Waals surface area contributed by atoms with Gasteiger partial charge in [0.2, 0.25) is 0 Å². The maximum atomic E-state index is 11.3. The highest BCUT2D eigenvalue weighted by atomic mass is 16.1. The van der Waals surface area contributed by atoms with Gasteiger partial charge in [-0.05, 0) is 44.2 Å². The fraction of sp³-hybridized carbons (Fsp3) is 0.100. The first-order chi connectivity index (χ1) is 11.1. The molecule has 0 aliphatic heterocycles. The molecule has 3 nitrogen and oxygen atoms in total. The van der Waals surface area contributed by atoms with E-state index in [1.165, 1.54) is 0 Å². The predicted octanol–water partition coefficient (Wildman–Crippen LogP) is 4.95. The van der Waals surface area contributed by atoms with Gasteiger partial charge in [-0.15, -0.1) is 0 Å². The number of amidine groups is 1. The van der Waals surface area contributed by atoms with Crippen LogP contribution in [0.3, 0.4) is 0 Å². The van der Waals surface area contributed by atoms with Gasteiger partial charge in [0.05, 0.1) is 5.70 Å². The van der Waals surface area contributed by atoms with E-state index >= 15 is 0 Å². The Morgan fingerprint density at radius 3 is 2.22 bits per heavy atom. The van der Waals surface area contributed by atoms with Crippen LogP contribution in [-0.2, 0) is 0 Å². The summed E-state index contributed by atoms with van der Waals surface area (Å²) in [6.45, 7) is 7.20. The number of rotatable bonds is 5. The number of hydrogen-bond acceptors (Lipinski definition) is 2. The molecule has 0 unspecified atom stereocenters. The van der Waals surface area contributed by atoms with Crippen LogP contribution in [-0.4, -0.2) is 11.6 Å². The van der Waals surface area contributed by atoms with Crippen LogP contribution in [0.15, 0.2) is 78.3 Å². The third-order valence-corrected chi connectivity index (χ3v) is 3.25. The molecule has 0 spiro atoms. The average molecular weight is 304 g/mol.